The Morgan fingerprint density at radius 2 is 1.84 bits per heavy atom. The van der Waals surface area contributed by atoms with Crippen LogP contribution in [0.5, 0.6) is 0 Å². The van der Waals surface area contributed by atoms with Crippen LogP contribution in [-0.2, 0) is 9.53 Å². The lowest BCUT2D eigenvalue weighted by Crippen LogP contribution is -2.31. The monoisotopic (exact) mass is 342 g/mol. The van der Waals surface area contributed by atoms with Gasteiger partial charge in [0.2, 0.25) is 0 Å². The predicted molar refractivity (Wildman–Crippen MR) is 91.1 cm³/mol. The Morgan fingerprint density at radius 1 is 1.16 bits per heavy atom. The zero-order chi connectivity index (χ0) is 18.4. The molecule has 0 aromatic heterocycles. The Hall–Kier alpha value is -3.22. The summed E-state index contributed by atoms with van der Waals surface area (Å²) in [4.78, 5) is 34.5. The number of aryl methyl sites for hydroxylation is 1. The molecule has 0 saturated carbocycles. The maximum Gasteiger partial charge on any atom is 0.345 e. The minimum absolute atomic E-state index is 0.142. The van der Waals surface area contributed by atoms with E-state index in [1.807, 2.05) is 30.3 Å². The van der Waals surface area contributed by atoms with E-state index in [2.05, 4.69) is 5.32 Å². The van der Waals surface area contributed by atoms with Crippen LogP contribution >= 0.6 is 0 Å². The van der Waals surface area contributed by atoms with Gasteiger partial charge in [-0.05, 0) is 25.0 Å². The molecule has 0 heterocycles. The first-order valence-electron chi connectivity index (χ1n) is 7.65. The SMILES string of the molecule is Cc1cccc([N+](=O)[O-])c1C(=O)OCC(=O)NC(C)c1ccccc1. The van der Waals surface area contributed by atoms with Gasteiger partial charge < -0.3 is 10.1 Å². The van der Waals surface area contributed by atoms with Crippen molar-refractivity contribution in [3.8, 4) is 0 Å². The fraction of sp³-hybridized carbons (Fsp3) is 0.222. The lowest BCUT2D eigenvalue weighted by atomic mass is 10.1. The fourth-order valence-electron chi connectivity index (χ4n) is 2.38. The highest BCUT2D eigenvalue weighted by molar-refractivity contribution is 5.96. The number of hydrogen-bond donors (Lipinski definition) is 1. The van der Waals surface area contributed by atoms with Gasteiger partial charge >= 0.3 is 5.97 Å². The summed E-state index contributed by atoms with van der Waals surface area (Å²) >= 11 is 0. The van der Waals surface area contributed by atoms with Crippen LogP contribution in [0.3, 0.4) is 0 Å². The molecule has 130 valence electrons. The molecule has 7 nitrogen and oxygen atoms in total. The number of carbonyl (C=O) groups is 2. The number of benzene rings is 2. The summed E-state index contributed by atoms with van der Waals surface area (Å²) in [5.41, 5.74) is 0.841. The largest absolute Gasteiger partial charge is 0.452 e. The van der Waals surface area contributed by atoms with Crippen molar-refractivity contribution in [2.24, 2.45) is 0 Å². The molecule has 0 radical (unpaired) electrons. The van der Waals surface area contributed by atoms with Crippen LogP contribution in [0.2, 0.25) is 0 Å². The summed E-state index contributed by atoms with van der Waals surface area (Å²) in [7, 11) is 0. The van der Waals surface area contributed by atoms with Gasteiger partial charge in [0, 0.05) is 6.07 Å². The van der Waals surface area contributed by atoms with Crippen LogP contribution in [0.15, 0.2) is 48.5 Å². The molecule has 25 heavy (non-hydrogen) atoms. The van der Waals surface area contributed by atoms with Gasteiger partial charge in [-0.1, -0.05) is 42.5 Å². The first kappa shape index (κ1) is 18.1. The standard InChI is InChI=1S/C18H18N2O5/c1-12-7-6-10-15(20(23)24)17(12)18(22)25-11-16(21)19-13(2)14-8-4-3-5-9-14/h3-10,13H,11H2,1-2H3,(H,19,21). The molecular formula is C18H18N2O5. The molecule has 1 amide bonds. The van der Waals surface area contributed by atoms with Crippen LogP contribution in [0.4, 0.5) is 5.69 Å². The summed E-state index contributed by atoms with van der Waals surface area (Å²) in [5.74, 6) is -1.38. The quantitative estimate of drug-likeness (QED) is 0.494. The average molecular weight is 342 g/mol. The molecule has 0 aliphatic heterocycles. The Bertz CT molecular complexity index is 789. The van der Waals surface area contributed by atoms with E-state index < -0.39 is 23.4 Å². The molecule has 0 aliphatic rings. The lowest BCUT2D eigenvalue weighted by molar-refractivity contribution is -0.385. The third-order valence-corrected chi connectivity index (χ3v) is 3.66. The van der Waals surface area contributed by atoms with E-state index in [0.717, 1.165) is 5.56 Å². The maximum absolute atomic E-state index is 12.1. The first-order chi connectivity index (χ1) is 11.9. The minimum atomic E-state index is -0.896. The highest BCUT2D eigenvalue weighted by Gasteiger charge is 2.24. The van der Waals surface area contributed by atoms with Crippen molar-refractivity contribution in [3.63, 3.8) is 0 Å². The van der Waals surface area contributed by atoms with Crippen LogP contribution in [0, 0.1) is 17.0 Å². The van der Waals surface area contributed by atoms with E-state index in [9.17, 15) is 19.7 Å². The Morgan fingerprint density at radius 3 is 2.48 bits per heavy atom. The number of rotatable bonds is 6. The second kappa shape index (κ2) is 8.05. The van der Waals surface area contributed by atoms with Crippen LogP contribution in [-0.4, -0.2) is 23.4 Å². The van der Waals surface area contributed by atoms with Gasteiger partial charge in [-0.25, -0.2) is 4.79 Å². The number of nitrogens with one attached hydrogen (secondary N) is 1. The van der Waals surface area contributed by atoms with E-state index >= 15 is 0 Å². The Labute approximate surface area is 144 Å². The molecule has 1 N–H and O–H groups in total. The number of nitro groups is 1. The van der Waals surface area contributed by atoms with Crippen LogP contribution < -0.4 is 5.32 Å². The van der Waals surface area contributed by atoms with Crippen LogP contribution in [0.1, 0.15) is 34.5 Å². The zero-order valence-corrected chi connectivity index (χ0v) is 13.9. The molecule has 2 rings (SSSR count). The predicted octanol–water partition coefficient (Wildman–Crippen LogP) is 2.94. The van der Waals surface area contributed by atoms with E-state index in [1.165, 1.54) is 12.1 Å². The van der Waals surface area contributed by atoms with Gasteiger partial charge in [0.25, 0.3) is 11.6 Å². The molecule has 0 spiro atoms. The second-order valence-corrected chi connectivity index (χ2v) is 5.50. The number of ether oxygens (including phenoxy) is 1. The maximum atomic E-state index is 12.1. The van der Waals surface area contributed by atoms with Gasteiger partial charge in [-0.3, -0.25) is 14.9 Å². The fourth-order valence-corrected chi connectivity index (χ4v) is 2.38. The molecular weight excluding hydrogens is 324 g/mol. The highest BCUT2D eigenvalue weighted by Crippen LogP contribution is 2.22. The highest BCUT2D eigenvalue weighted by atomic mass is 16.6. The number of carbonyl (C=O) groups excluding carboxylic acids is 2. The molecule has 0 fully saturated rings. The molecule has 0 saturated heterocycles. The third-order valence-electron chi connectivity index (χ3n) is 3.66. The molecule has 0 aliphatic carbocycles. The topological polar surface area (TPSA) is 98.5 Å². The van der Waals surface area contributed by atoms with E-state index in [0.29, 0.717) is 5.56 Å². The van der Waals surface area contributed by atoms with E-state index in [4.69, 9.17) is 4.74 Å². The van der Waals surface area contributed by atoms with Gasteiger partial charge in [-0.2, -0.15) is 0 Å². The van der Waals surface area contributed by atoms with Crippen molar-refractivity contribution in [1.29, 1.82) is 0 Å². The number of amides is 1. The normalized spacial score (nSPS) is 11.4. The summed E-state index contributed by atoms with van der Waals surface area (Å²) in [6.45, 7) is 2.86. The van der Waals surface area contributed by atoms with Crippen molar-refractivity contribution in [3.05, 3.63) is 75.3 Å². The van der Waals surface area contributed by atoms with Crippen molar-refractivity contribution >= 4 is 17.6 Å². The third kappa shape index (κ3) is 4.63. The summed E-state index contributed by atoms with van der Waals surface area (Å²) in [6.07, 6.45) is 0. The zero-order valence-electron chi connectivity index (χ0n) is 13.9. The van der Waals surface area contributed by atoms with Gasteiger partial charge in [0.15, 0.2) is 6.61 Å². The molecule has 2 aromatic rings. The van der Waals surface area contributed by atoms with Gasteiger partial charge in [0.05, 0.1) is 11.0 Å². The summed E-state index contributed by atoms with van der Waals surface area (Å²) in [5, 5.41) is 13.7. The minimum Gasteiger partial charge on any atom is -0.452 e. The van der Waals surface area contributed by atoms with Gasteiger partial charge in [0.1, 0.15) is 5.56 Å². The van der Waals surface area contributed by atoms with Crippen molar-refractivity contribution in [2.75, 3.05) is 6.61 Å². The van der Waals surface area contributed by atoms with E-state index in [-0.39, 0.29) is 17.3 Å². The summed E-state index contributed by atoms with van der Waals surface area (Å²) in [6, 6.07) is 13.3. The van der Waals surface area contributed by atoms with Crippen molar-refractivity contribution < 1.29 is 19.2 Å². The Kier molecular flexibility index (Phi) is 5.84. The molecule has 2 aromatic carbocycles. The number of esters is 1. The van der Waals surface area contributed by atoms with Crippen molar-refractivity contribution in [1.82, 2.24) is 5.32 Å². The smallest absolute Gasteiger partial charge is 0.345 e. The number of nitrogens with zero attached hydrogens (tertiary/aromatic N) is 1. The van der Waals surface area contributed by atoms with E-state index in [1.54, 1.807) is 19.9 Å². The second-order valence-electron chi connectivity index (χ2n) is 5.50. The Balaban J connectivity index is 1.99. The molecule has 1 atom stereocenters. The molecule has 7 heteroatoms. The van der Waals surface area contributed by atoms with Crippen LogP contribution in [0.25, 0.3) is 0 Å². The lowest BCUT2D eigenvalue weighted by Gasteiger charge is -2.14. The van der Waals surface area contributed by atoms with Gasteiger partial charge in [-0.15, -0.1) is 0 Å². The number of hydrogen-bond acceptors (Lipinski definition) is 5. The average Bonchev–Trinajstić information content (AvgIpc) is 2.60. The summed E-state index contributed by atoms with van der Waals surface area (Å²) < 4.78 is 4.94. The molecule has 0 bridgehead atoms. The van der Waals surface area contributed by atoms with Crippen molar-refractivity contribution in [2.45, 2.75) is 19.9 Å². The molecule has 1 unspecified atom stereocenters. The first-order valence-corrected chi connectivity index (χ1v) is 7.65. The number of nitro benzene ring substituents is 1.